The van der Waals surface area contributed by atoms with Gasteiger partial charge in [-0.2, -0.15) is 0 Å². The van der Waals surface area contributed by atoms with Crippen LogP contribution in [0.3, 0.4) is 0 Å². The maximum atomic E-state index is 12.6. The first-order valence-electron chi connectivity index (χ1n) is 8.98. The number of benzene rings is 2. The number of piperazine rings is 1. The van der Waals surface area contributed by atoms with Crippen LogP contribution < -0.4 is 0 Å². The fourth-order valence-corrected chi connectivity index (χ4v) is 3.42. The highest BCUT2D eigenvalue weighted by Crippen LogP contribution is 2.22. The minimum absolute atomic E-state index is 0.0145. The number of hydrogen-bond donors (Lipinski definition) is 1. The van der Waals surface area contributed by atoms with E-state index in [9.17, 15) is 14.7 Å². The second kappa shape index (κ2) is 8.65. The Labute approximate surface area is 164 Å². The van der Waals surface area contributed by atoms with Crippen molar-refractivity contribution < 1.29 is 14.7 Å². The molecule has 1 heterocycles. The molecule has 3 rings (SSSR count). The summed E-state index contributed by atoms with van der Waals surface area (Å²) in [4.78, 5) is 28.4. The molecule has 5 nitrogen and oxygen atoms in total. The third-order valence-corrected chi connectivity index (χ3v) is 5.28. The van der Waals surface area contributed by atoms with Crippen molar-refractivity contribution in [2.24, 2.45) is 0 Å². The Bertz CT molecular complexity index is 797. The summed E-state index contributed by atoms with van der Waals surface area (Å²) < 4.78 is 0. The van der Waals surface area contributed by atoms with Gasteiger partial charge in [-0.15, -0.1) is 0 Å². The van der Waals surface area contributed by atoms with Crippen LogP contribution in [0, 0.1) is 0 Å². The molecule has 6 heteroatoms. The summed E-state index contributed by atoms with van der Waals surface area (Å²) in [5.41, 5.74) is 2.53. The van der Waals surface area contributed by atoms with E-state index in [1.165, 1.54) is 0 Å². The molecule has 27 heavy (non-hydrogen) atoms. The van der Waals surface area contributed by atoms with Gasteiger partial charge in [0.05, 0.1) is 0 Å². The van der Waals surface area contributed by atoms with Gasteiger partial charge in [0, 0.05) is 43.2 Å². The topological polar surface area (TPSA) is 60.9 Å². The molecule has 0 aliphatic carbocycles. The number of aliphatic carboxylic acids is 1. The number of carboxylic acids is 1. The maximum Gasteiger partial charge on any atom is 0.321 e. The van der Waals surface area contributed by atoms with Gasteiger partial charge >= 0.3 is 5.97 Å². The molecule has 0 amide bonds. The summed E-state index contributed by atoms with van der Waals surface area (Å²) in [6, 6.07) is 14.0. The van der Waals surface area contributed by atoms with Crippen LogP contribution in [-0.4, -0.2) is 65.9 Å². The van der Waals surface area contributed by atoms with Crippen LogP contribution in [0.2, 0.25) is 5.02 Å². The van der Waals surface area contributed by atoms with Crippen molar-refractivity contribution in [3.8, 4) is 11.1 Å². The molecule has 1 aliphatic rings. The Morgan fingerprint density at radius 2 is 1.48 bits per heavy atom. The average Bonchev–Trinajstić information content (AvgIpc) is 2.67. The van der Waals surface area contributed by atoms with Gasteiger partial charge in [-0.05, 0) is 30.3 Å². The lowest BCUT2D eigenvalue weighted by atomic mass is 9.99. The van der Waals surface area contributed by atoms with Gasteiger partial charge in [0.1, 0.15) is 6.04 Å². The van der Waals surface area contributed by atoms with Crippen LogP contribution in [0.5, 0.6) is 0 Å². The van der Waals surface area contributed by atoms with Gasteiger partial charge in [-0.25, -0.2) is 0 Å². The largest absolute Gasteiger partial charge is 0.480 e. The lowest BCUT2D eigenvalue weighted by molar-refractivity contribution is -0.143. The molecule has 0 saturated carbocycles. The molecule has 0 bridgehead atoms. The summed E-state index contributed by atoms with van der Waals surface area (Å²) in [5.74, 6) is -1.09. The van der Waals surface area contributed by atoms with Crippen LogP contribution in [-0.2, 0) is 4.79 Å². The number of rotatable bonds is 6. The van der Waals surface area contributed by atoms with E-state index in [4.69, 9.17) is 11.6 Å². The summed E-state index contributed by atoms with van der Waals surface area (Å²) in [5, 5.41) is 10.3. The van der Waals surface area contributed by atoms with E-state index in [1.807, 2.05) is 48.3 Å². The van der Waals surface area contributed by atoms with Gasteiger partial charge in [0.25, 0.3) is 0 Å². The van der Waals surface area contributed by atoms with Crippen molar-refractivity contribution in [1.82, 2.24) is 9.80 Å². The number of Topliss-reactive ketones (excluding diaryl/α,β-unsaturated/α-hetero) is 1. The second-order valence-corrected chi connectivity index (χ2v) is 7.34. The molecule has 2 aromatic carbocycles. The van der Waals surface area contributed by atoms with E-state index in [1.54, 1.807) is 12.1 Å². The number of carbonyl (C=O) groups excluding carboxylic acids is 1. The molecular weight excluding hydrogens is 364 g/mol. The van der Waals surface area contributed by atoms with Gasteiger partial charge in [-0.1, -0.05) is 48.0 Å². The molecule has 0 radical (unpaired) electrons. The molecule has 142 valence electrons. The van der Waals surface area contributed by atoms with E-state index in [2.05, 4.69) is 4.90 Å². The van der Waals surface area contributed by atoms with E-state index in [0.29, 0.717) is 23.7 Å². The number of halogens is 1. The van der Waals surface area contributed by atoms with E-state index < -0.39 is 12.0 Å². The Kier molecular flexibility index (Phi) is 6.26. The summed E-state index contributed by atoms with van der Waals surface area (Å²) in [6.07, 6.45) is -0.0145. The minimum atomic E-state index is -0.939. The molecule has 1 N–H and O–H groups in total. The molecule has 0 spiro atoms. The first-order valence-corrected chi connectivity index (χ1v) is 9.36. The standard InChI is InChI=1S/C21H23ClN2O3/c1-23-10-12-24(13-11-23)19(21(26)27)14-20(25)17-4-2-15(3-5-17)16-6-8-18(22)9-7-16/h2-9,19H,10-14H2,1H3,(H,26,27). The summed E-state index contributed by atoms with van der Waals surface area (Å²) >= 11 is 5.91. The molecule has 1 saturated heterocycles. The highest BCUT2D eigenvalue weighted by Gasteiger charge is 2.30. The van der Waals surface area contributed by atoms with Gasteiger partial charge < -0.3 is 10.0 Å². The second-order valence-electron chi connectivity index (χ2n) is 6.90. The van der Waals surface area contributed by atoms with Crippen LogP contribution in [0.1, 0.15) is 16.8 Å². The van der Waals surface area contributed by atoms with E-state index in [0.717, 1.165) is 24.2 Å². The zero-order valence-corrected chi connectivity index (χ0v) is 16.0. The van der Waals surface area contributed by atoms with Crippen LogP contribution in [0.15, 0.2) is 48.5 Å². The number of carbonyl (C=O) groups is 2. The molecule has 1 unspecified atom stereocenters. The van der Waals surface area contributed by atoms with Crippen molar-refractivity contribution in [3.63, 3.8) is 0 Å². The van der Waals surface area contributed by atoms with Crippen molar-refractivity contribution >= 4 is 23.4 Å². The molecule has 1 aliphatic heterocycles. The number of carboxylic acid groups (broad SMARTS) is 1. The predicted molar refractivity (Wildman–Crippen MR) is 106 cm³/mol. The van der Waals surface area contributed by atoms with Crippen molar-refractivity contribution in [1.29, 1.82) is 0 Å². The zero-order chi connectivity index (χ0) is 19.4. The fraction of sp³-hybridized carbons (Fsp3) is 0.333. The van der Waals surface area contributed by atoms with E-state index >= 15 is 0 Å². The molecular formula is C21H23ClN2O3. The Balaban J connectivity index is 1.69. The Morgan fingerprint density at radius 3 is 2.00 bits per heavy atom. The fourth-order valence-electron chi connectivity index (χ4n) is 3.29. The smallest absolute Gasteiger partial charge is 0.321 e. The van der Waals surface area contributed by atoms with Crippen molar-refractivity contribution in [2.45, 2.75) is 12.5 Å². The number of nitrogens with zero attached hydrogens (tertiary/aromatic N) is 2. The number of ketones is 1. The van der Waals surface area contributed by atoms with Crippen molar-refractivity contribution in [3.05, 3.63) is 59.1 Å². The SMILES string of the molecule is CN1CCN(C(CC(=O)c2ccc(-c3ccc(Cl)cc3)cc2)C(=O)O)CC1. The summed E-state index contributed by atoms with van der Waals surface area (Å²) in [6.45, 7) is 2.95. The average molecular weight is 387 g/mol. The lowest BCUT2D eigenvalue weighted by Gasteiger charge is -2.35. The first-order chi connectivity index (χ1) is 12.9. The monoisotopic (exact) mass is 386 g/mol. The van der Waals surface area contributed by atoms with Crippen LogP contribution in [0.4, 0.5) is 0 Å². The van der Waals surface area contributed by atoms with Gasteiger partial charge in [-0.3, -0.25) is 14.5 Å². The maximum absolute atomic E-state index is 12.6. The van der Waals surface area contributed by atoms with Crippen LogP contribution >= 0.6 is 11.6 Å². The minimum Gasteiger partial charge on any atom is -0.480 e. The normalized spacial score (nSPS) is 16.8. The zero-order valence-electron chi connectivity index (χ0n) is 15.3. The summed E-state index contributed by atoms with van der Waals surface area (Å²) in [7, 11) is 2.01. The molecule has 0 aromatic heterocycles. The molecule has 1 fully saturated rings. The highest BCUT2D eigenvalue weighted by atomic mass is 35.5. The van der Waals surface area contributed by atoms with E-state index in [-0.39, 0.29) is 12.2 Å². The Hall–Kier alpha value is -2.21. The lowest BCUT2D eigenvalue weighted by Crippen LogP contribution is -2.52. The number of hydrogen-bond acceptors (Lipinski definition) is 4. The van der Waals surface area contributed by atoms with Crippen molar-refractivity contribution in [2.75, 3.05) is 33.2 Å². The van der Waals surface area contributed by atoms with Gasteiger partial charge in [0.15, 0.2) is 5.78 Å². The quantitative estimate of drug-likeness (QED) is 0.772. The number of likely N-dealkylation sites (N-methyl/N-ethyl adjacent to an activating group) is 1. The molecule has 2 aromatic rings. The molecule has 1 atom stereocenters. The third-order valence-electron chi connectivity index (χ3n) is 5.03. The first kappa shape index (κ1) is 19.5. The van der Waals surface area contributed by atoms with Crippen LogP contribution in [0.25, 0.3) is 11.1 Å². The highest BCUT2D eigenvalue weighted by molar-refractivity contribution is 6.30. The third kappa shape index (κ3) is 4.95. The Morgan fingerprint density at radius 1 is 0.963 bits per heavy atom. The van der Waals surface area contributed by atoms with Gasteiger partial charge in [0.2, 0.25) is 0 Å². The predicted octanol–water partition coefficient (Wildman–Crippen LogP) is 3.28.